The molecule has 1 unspecified atom stereocenters. The van der Waals surface area contributed by atoms with E-state index in [2.05, 4.69) is 64.4 Å². The van der Waals surface area contributed by atoms with Crippen LogP contribution in [0.1, 0.15) is 19.2 Å². The van der Waals surface area contributed by atoms with E-state index < -0.39 is 0 Å². The zero-order chi connectivity index (χ0) is 20.5. The fourth-order valence-corrected chi connectivity index (χ4v) is 4.44. The molecule has 1 aromatic heterocycles. The summed E-state index contributed by atoms with van der Waals surface area (Å²) in [5.74, 6) is 0.863. The number of aromatic nitrogens is 2. The van der Waals surface area contributed by atoms with E-state index in [-0.39, 0.29) is 11.9 Å². The highest BCUT2D eigenvalue weighted by Gasteiger charge is 2.27. The van der Waals surface area contributed by atoms with Crippen molar-refractivity contribution in [3.8, 4) is 11.1 Å². The lowest BCUT2D eigenvalue weighted by atomic mass is 10.1. The average Bonchev–Trinajstić information content (AvgIpc) is 3.38. The second kappa shape index (κ2) is 7.92. The van der Waals surface area contributed by atoms with Gasteiger partial charge in [-0.1, -0.05) is 42.5 Å². The lowest BCUT2D eigenvalue weighted by Gasteiger charge is -2.26. The number of nitrogens with zero attached hydrogens (tertiary/aromatic N) is 3. The van der Waals surface area contributed by atoms with Gasteiger partial charge in [0.1, 0.15) is 11.6 Å². The molecule has 4 nitrogen and oxygen atoms in total. The van der Waals surface area contributed by atoms with Gasteiger partial charge in [-0.25, -0.2) is 14.8 Å². The molecule has 152 valence electrons. The van der Waals surface area contributed by atoms with Crippen LogP contribution in [0.5, 0.6) is 0 Å². The maximum Gasteiger partial charge on any atom is 0.125 e. The number of rotatable bonds is 5. The van der Waals surface area contributed by atoms with Crippen molar-refractivity contribution >= 4 is 16.7 Å². The van der Waals surface area contributed by atoms with Crippen LogP contribution < -0.4 is 10.4 Å². The topological polar surface area (TPSA) is 33.1 Å². The number of aryl methyl sites for hydroxylation is 1. The number of hydrogen-bond donors (Lipinski definition) is 1. The molecule has 5 heteroatoms. The minimum absolute atomic E-state index is 0.214. The molecular formula is C25H25FN4. The Morgan fingerprint density at radius 1 is 1.00 bits per heavy atom. The summed E-state index contributed by atoms with van der Waals surface area (Å²) in [4.78, 5) is 5.01. The molecule has 3 aromatic carbocycles. The normalized spacial score (nSPS) is 16.5. The first-order valence-electron chi connectivity index (χ1n) is 10.6. The Kier molecular flexibility index (Phi) is 4.97. The standard InChI is InChI=1S/C25H25FN4/c1-2-29-24-12-11-19(18-7-4-3-5-8-18)15-23(24)28-25(29)17-22-13-14-27-30(22)21-10-6-9-20(26)16-21/h3-12,15-16,22,27H,2,13-14,17H2,1H3. The monoisotopic (exact) mass is 400 g/mol. The predicted octanol–water partition coefficient (Wildman–Crippen LogP) is 5.19. The Morgan fingerprint density at radius 2 is 1.87 bits per heavy atom. The minimum atomic E-state index is -0.214. The lowest BCUT2D eigenvalue weighted by molar-refractivity contribution is 0.590. The largest absolute Gasteiger partial charge is 0.328 e. The lowest BCUT2D eigenvalue weighted by Crippen LogP contribution is -2.39. The van der Waals surface area contributed by atoms with Crippen molar-refractivity contribution < 1.29 is 4.39 Å². The number of fused-ring (bicyclic) bond motifs is 1. The summed E-state index contributed by atoms with van der Waals surface area (Å²) in [5.41, 5.74) is 8.83. The van der Waals surface area contributed by atoms with Crippen LogP contribution in [-0.4, -0.2) is 22.1 Å². The molecule has 0 bridgehead atoms. The highest BCUT2D eigenvalue weighted by molar-refractivity contribution is 5.82. The molecule has 1 N–H and O–H groups in total. The third-order valence-corrected chi connectivity index (χ3v) is 5.88. The summed E-state index contributed by atoms with van der Waals surface area (Å²) in [6.07, 6.45) is 1.81. The van der Waals surface area contributed by atoms with Crippen LogP contribution in [0.2, 0.25) is 0 Å². The number of halogens is 1. The molecule has 1 aliphatic heterocycles. The van der Waals surface area contributed by atoms with E-state index in [0.717, 1.165) is 48.5 Å². The van der Waals surface area contributed by atoms with E-state index in [9.17, 15) is 4.39 Å². The summed E-state index contributed by atoms with van der Waals surface area (Å²) in [6.45, 7) is 3.91. The van der Waals surface area contributed by atoms with Crippen molar-refractivity contribution in [2.75, 3.05) is 11.6 Å². The number of hydrogen-bond acceptors (Lipinski definition) is 3. The van der Waals surface area contributed by atoms with Gasteiger partial charge in [-0.3, -0.25) is 0 Å². The van der Waals surface area contributed by atoms with Crippen LogP contribution in [0.25, 0.3) is 22.2 Å². The fraction of sp³-hybridized carbons (Fsp3) is 0.240. The van der Waals surface area contributed by atoms with Gasteiger partial charge in [-0.15, -0.1) is 0 Å². The van der Waals surface area contributed by atoms with Gasteiger partial charge in [0.05, 0.1) is 22.8 Å². The van der Waals surface area contributed by atoms with E-state index in [4.69, 9.17) is 4.98 Å². The summed E-state index contributed by atoms with van der Waals surface area (Å²) in [6, 6.07) is 23.9. The Morgan fingerprint density at radius 3 is 2.67 bits per heavy atom. The van der Waals surface area contributed by atoms with Crippen LogP contribution in [0.4, 0.5) is 10.1 Å². The maximum absolute atomic E-state index is 13.7. The SMILES string of the molecule is CCn1c(CC2CCNN2c2cccc(F)c2)nc2cc(-c3ccccc3)ccc21. The minimum Gasteiger partial charge on any atom is -0.328 e. The first-order chi connectivity index (χ1) is 14.7. The van der Waals surface area contributed by atoms with Gasteiger partial charge in [0, 0.05) is 19.5 Å². The average molecular weight is 401 g/mol. The van der Waals surface area contributed by atoms with Crippen LogP contribution in [-0.2, 0) is 13.0 Å². The Labute approximate surface area is 175 Å². The molecule has 4 aromatic rings. The zero-order valence-electron chi connectivity index (χ0n) is 17.1. The molecule has 0 radical (unpaired) electrons. The summed E-state index contributed by atoms with van der Waals surface area (Å²) in [5, 5.41) is 2.10. The van der Waals surface area contributed by atoms with E-state index in [1.807, 2.05) is 12.1 Å². The first-order valence-corrected chi connectivity index (χ1v) is 10.6. The van der Waals surface area contributed by atoms with E-state index in [1.165, 1.54) is 17.2 Å². The Balaban J connectivity index is 1.47. The molecule has 0 spiro atoms. The van der Waals surface area contributed by atoms with Crippen molar-refractivity contribution in [3.05, 3.63) is 84.4 Å². The molecular weight excluding hydrogens is 375 g/mol. The second-order valence-electron chi connectivity index (χ2n) is 7.75. The first kappa shape index (κ1) is 18.8. The number of benzene rings is 3. The van der Waals surface area contributed by atoms with Crippen molar-refractivity contribution in [1.29, 1.82) is 0 Å². The maximum atomic E-state index is 13.7. The summed E-state index contributed by atoms with van der Waals surface area (Å²) in [7, 11) is 0. The highest BCUT2D eigenvalue weighted by atomic mass is 19.1. The number of imidazole rings is 1. The van der Waals surface area contributed by atoms with E-state index in [0.29, 0.717) is 0 Å². The molecule has 0 amide bonds. The van der Waals surface area contributed by atoms with Crippen molar-refractivity contribution in [1.82, 2.24) is 15.0 Å². The molecule has 1 saturated heterocycles. The fourth-order valence-electron chi connectivity index (χ4n) is 4.44. The second-order valence-corrected chi connectivity index (χ2v) is 7.75. The molecule has 5 rings (SSSR count). The van der Waals surface area contributed by atoms with Crippen LogP contribution in [0.15, 0.2) is 72.8 Å². The van der Waals surface area contributed by atoms with Gasteiger partial charge < -0.3 is 9.58 Å². The molecule has 0 aliphatic carbocycles. The highest BCUT2D eigenvalue weighted by Crippen LogP contribution is 2.28. The van der Waals surface area contributed by atoms with Crippen LogP contribution >= 0.6 is 0 Å². The third kappa shape index (κ3) is 3.46. The van der Waals surface area contributed by atoms with Crippen molar-refractivity contribution in [2.45, 2.75) is 32.4 Å². The van der Waals surface area contributed by atoms with Crippen LogP contribution in [0, 0.1) is 5.82 Å². The zero-order valence-corrected chi connectivity index (χ0v) is 17.1. The molecule has 1 fully saturated rings. The van der Waals surface area contributed by atoms with Crippen LogP contribution in [0.3, 0.4) is 0 Å². The van der Waals surface area contributed by atoms with Crippen molar-refractivity contribution in [2.24, 2.45) is 0 Å². The van der Waals surface area contributed by atoms with E-state index in [1.54, 1.807) is 12.1 Å². The summed E-state index contributed by atoms with van der Waals surface area (Å²) >= 11 is 0. The number of anilines is 1. The van der Waals surface area contributed by atoms with Gasteiger partial charge in [-0.2, -0.15) is 0 Å². The molecule has 0 saturated carbocycles. The quantitative estimate of drug-likeness (QED) is 0.501. The number of hydrazine groups is 1. The molecule has 1 atom stereocenters. The molecule has 30 heavy (non-hydrogen) atoms. The number of nitrogens with one attached hydrogen (secondary N) is 1. The Hall–Kier alpha value is -3.18. The van der Waals surface area contributed by atoms with Gasteiger partial charge in [-0.05, 0) is 54.8 Å². The van der Waals surface area contributed by atoms with E-state index >= 15 is 0 Å². The smallest absolute Gasteiger partial charge is 0.125 e. The Bertz CT molecular complexity index is 1170. The van der Waals surface area contributed by atoms with Gasteiger partial charge >= 0.3 is 0 Å². The predicted molar refractivity (Wildman–Crippen MR) is 120 cm³/mol. The molecule has 1 aliphatic rings. The molecule has 2 heterocycles. The van der Waals surface area contributed by atoms with Gasteiger partial charge in [0.2, 0.25) is 0 Å². The van der Waals surface area contributed by atoms with Gasteiger partial charge in [0.15, 0.2) is 0 Å². The summed E-state index contributed by atoms with van der Waals surface area (Å²) < 4.78 is 16.0. The third-order valence-electron chi connectivity index (χ3n) is 5.88. The van der Waals surface area contributed by atoms with Gasteiger partial charge in [0.25, 0.3) is 0 Å². The van der Waals surface area contributed by atoms with Crippen molar-refractivity contribution in [3.63, 3.8) is 0 Å².